The number of carboxylic acids is 2. The maximum Gasteiger partial charge on any atom is 0.320 e. The third-order valence-electron chi connectivity index (χ3n) is 1.70. The van der Waals surface area contributed by atoms with Crippen molar-refractivity contribution in [3.63, 3.8) is 0 Å². The van der Waals surface area contributed by atoms with E-state index in [-0.39, 0.29) is 0 Å². The Kier molecular flexibility index (Phi) is 7.39. The molecule has 0 radical (unpaired) electrons. The zero-order chi connectivity index (χ0) is 13.3. The SMILES string of the molecule is [2H]N[C@@H](CCSSCCC(N)C(=O)O)C(=O)O. The topological polar surface area (TPSA) is 127 Å². The minimum Gasteiger partial charge on any atom is -0.480 e. The smallest absolute Gasteiger partial charge is 0.320 e. The van der Waals surface area contributed by atoms with Crippen LogP contribution in [0.25, 0.3) is 0 Å². The quantitative estimate of drug-likeness (QED) is 0.322. The summed E-state index contributed by atoms with van der Waals surface area (Å²) < 4.78 is 6.78. The largest absolute Gasteiger partial charge is 0.480 e. The van der Waals surface area contributed by atoms with Crippen molar-refractivity contribution in [2.24, 2.45) is 11.5 Å². The van der Waals surface area contributed by atoms with Crippen LogP contribution in [0.3, 0.4) is 0 Å². The number of carboxylic acid groups (broad SMARTS) is 2. The Balaban J connectivity index is 3.46. The van der Waals surface area contributed by atoms with Gasteiger partial charge in [-0.1, -0.05) is 21.6 Å². The highest BCUT2D eigenvalue weighted by molar-refractivity contribution is 8.76. The molecule has 0 aromatic carbocycles. The highest BCUT2D eigenvalue weighted by atomic mass is 33.1. The molecular weight excluding hydrogens is 252 g/mol. The first-order chi connectivity index (χ1) is 7.99. The Morgan fingerprint density at radius 1 is 1.12 bits per heavy atom. The van der Waals surface area contributed by atoms with Crippen LogP contribution in [0.5, 0.6) is 0 Å². The minimum atomic E-state index is -1.04. The molecule has 0 aromatic heterocycles. The molecule has 6 N–H and O–H groups in total. The van der Waals surface area contributed by atoms with E-state index in [2.05, 4.69) is 0 Å². The van der Waals surface area contributed by atoms with E-state index in [4.69, 9.17) is 17.4 Å². The summed E-state index contributed by atoms with van der Waals surface area (Å²) in [4.78, 5) is 20.9. The van der Waals surface area contributed by atoms with E-state index in [9.17, 15) is 9.59 Å². The maximum absolute atomic E-state index is 10.5. The first-order valence-electron chi connectivity index (χ1n) is 5.12. The molecule has 0 aliphatic carbocycles. The average molecular weight is 269 g/mol. The predicted molar refractivity (Wildman–Crippen MR) is 65.4 cm³/mol. The molecule has 0 aromatic rings. The molecule has 0 bridgehead atoms. The number of nitrogens with two attached hydrogens (primary N) is 2. The van der Waals surface area contributed by atoms with Gasteiger partial charge in [0.15, 0.2) is 0 Å². The summed E-state index contributed by atoms with van der Waals surface area (Å²) in [7, 11) is 2.90. The molecule has 0 rings (SSSR count). The van der Waals surface area contributed by atoms with Gasteiger partial charge in [-0.25, -0.2) is 0 Å². The first-order valence-corrected chi connectivity index (χ1v) is 7.10. The Morgan fingerprint density at radius 2 is 1.56 bits per heavy atom. The van der Waals surface area contributed by atoms with Crippen LogP contribution in [0.15, 0.2) is 0 Å². The Labute approximate surface area is 103 Å². The molecule has 1 unspecified atom stereocenters. The number of hydrogen-bond acceptors (Lipinski definition) is 6. The van der Waals surface area contributed by atoms with Gasteiger partial charge in [0.1, 0.15) is 13.5 Å². The highest BCUT2D eigenvalue weighted by Gasteiger charge is 2.12. The van der Waals surface area contributed by atoms with Crippen molar-refractivity contribution in [2.75, 3.05) is 11.5 Å². The van der Waals surface area contributed by atoms with Gasteiger partial charge < -0.3 is 21.7 Å². The van der Waals surface area contributed by atoms with E-state index in [0.717, 1.165) is 0 Å². The van der Waals surface area contributed by atoms with E-state index < -0.39 is 24.0 Å². The lowest BCUT2D eigenvalue weighted by Gasteiger charge is -2.06. The molecule has 0 fully saturated rings. The first kappa shape index (κ1) is 13.6. The van der Waals surface area contributed by atoms with Crippen molar-refractivity contribution < 1.29 is 21.2 Å². The van der Waals surface area contributed by atoms with Crippen molar-refractivity contribution >= 4 is 33.5 Å². The van der Waals surface area contributed by atoms with Crippen LogP contribution in [-0.4, -0.2) is 45.7 Å². The van der Waals surface area contributed by atoms with Crippen molar-refractivity contribution in [2.45, 2.75) is 24.9 Å². The van der Waals surface area contributed by atoms with Crippen LogP contribution in [0, 0.1) is 0 Å². The fraction of sp³-hybridized carbons (Fsp3) is 0.750. The van der Waals surface area contributed by atoms with Gasteiger partial charge in [0.2, 0.25) is 0 Å². The zero-order valence-electron chi connectivity index (χ0n) is 9.59. The second kappa shape index (κ2) is 8.68. The van der Waals surface area contributed by atoms with Crippen LogP contribution in [-0.2, 0) is 9.59 Å². The Morgan fingerprint density at radius 3 is 1.94 bits per heavy atom. The van der Waals surface area contributed by atoms with Gasteiger partial charge in [0, 0.05) is 11.5 Å². The van der Waals surface area contributed by atoms with Crippen LogP contribution in [0.4, 0.5) is 0 Å². The van der Waals surface area contributed by atoms with Gasteiger partial charge in [-0.2, -0.15) is 0 Å². The molecule has 6 nitrogen and oxygen atoms in total. The molecule has 0 amide bonds. The van der Waals surface area contributed by atoms with Crippen molar-refractivity contribution in [1.82, 2.24) is 0 Å². The molecule has 94 valence electrons. The molecule has 0 saturated heterocycles. The summed E-state index contributed by atoms with van der Waals surface area (Å²) in [6.45, 7) is 0. The molecular formula is C8H16N2O4S2. The fourth-order valence-corrected chi connectivity index (χ4v) is 2.91. The molecule has 0 saturated carbocycles. The Hall–Kier alpha value is -0.440. The van der Waals surface area contributed by atoms with Gasteiger partial charge in [0.25, 0.3) is 0 Å². The fourth-order valence-electron chi connectivity index (χ4n) is 0.706. The monoisotopic (exact) mass is 269 g/mol. The summed E-state index contributed by atoms with van der Waals surface area (Å²) >= 11 is 0. The number of aliphatic carboxylic acids is 2. The van der Waals surface area contributed by atoms with E-state index in [0.29, 0.717) is 24.3 Å². The van der Waals surface area contributed by atoms with Crippen LogP contribution >= 0.6 is 21.6 Å². The lowest BCUT2D eigenvalue weighted by molar-refractivity contribution is -0.139. The standard InChI is InChI=1S/C8H16N2O4S2/c9-5(7(11)12)1-3-15-16-4-2-6(10)8(13)14/h5-6H,1-4,9-10H2,(H,11,12)(H,13,14)/t5-,6?/m0/s1/i/hD. The van der Waals surface area contributed by atoms with Gasteiger partial charge in [-0.3, -0.25) is 9.59 Å². The summed E-state index contributed by atoms with van der Waals surface area (Å²) in [5.41, 5.74) is 7.26. The Bertz CT molecular complexity index is 258. The third-order valence-corrected chi connectivity index (χ3v) is 4.17. The van der Waals surface area contributed by atoms with E-state index in [1.807, 2.05) is 5.73 Å². The summed E-state index contributed by atoms with van der Waals surface area (Å²) in [5, 5.41) is 17.1. The summed E-state index contributed by atoms with van der Waals surface area (Å²) in [6, 6.07) is -1.70. The van der Waals surface area contributed by atoms with E-state index in [1.54, 1.807) is 0 Å². The number of carbonyl (C=O) groups is 2. The second-order valence-corrected chi connectivity index (χ2v) is 5.76. The van der Waals surface area contributed by atoms with E-state index >= 15 is 0 Å². The minimum absolute atomic E-state index is 0.349. The lowest BCUT2D eigenvalue weighted by atomic mass is 10.2. The van der Waals surface area contributed by atoms with Gasteiger partial charge in [-0.15, -0.1) is 0 Å². The highest BCUT2D eigenvalue weighted by Crippen LogP contribution is 2.23. The molecule has 0 aliphatic heterocycles. The number of rotatable bonds is 10. The van der Waals surface area contributed by atoms with Crippen molar-refractivity contribution in [3.8, 4) is 0 Å². The average Bonchev–Trinajstić information content (AvgIpc) is 2.27. The summed E-state index contributed by atoms with van der Waals surface area (Å²) in [6.07, 6.45) is 0.730. The maximum atomic E-state index is 10.5. The molecule has 0 heterocycles. The molecule has 16 heavy (non-hydrogen) atoms. The van der Waals surface area contributed by atoms with Gasteiger partial charge >= 0.3 is 11.9 Å². The van der Waals surface area contributed by atoms with Crippen molar-refractivity contribution in [1.29, 1.82) is 0 Å². The van der Waals surface area contributed by atoms with Gasteiger partial charge in [0.05, 0.1) is 0 Å². The molecule has 0 aliphatic rings. The zero-order valence-corrected chi connectivity index (χ0v) is 10.2. The molecule has 2 atom stereocenters. The third kappa shape index (κ3) is 7.80. The number of hydrogen-bond donors (Lipinski definition) is 4. The second-order valence-electron chi connectivity index (χ2n) is 3.06. The van der Waals surface area contributed by atoms with Crippen LogP contribution in [0.2, 0.25) is 1.41 Å². The predicted octanol–water partition coefficient (Wildman–Crippen LogP) is -0.0282. The van der Waals surface area contributed by atoms with E-state index in [1.165, 1.54) is 21.6 Å². The lowest BCUT2D eigenvalue weighted by Crippen LogP contribution is -2.30. The molecule has 0 spiro atoms. The van der Waals surface area contributed by atoms with Crippen molar-refractivity contribution in [3.05, 3.63) is 0 Å². The van der Waals surface area contributed by atoms with Gasteiger partial charge in [-0.05, 0) is 12.8 Å². The van der Waals surface area contributed by atoms with Crippen LogP contribution < -0.4 is 11.5 Å². The van der Waals surface area contributed by atoms with Crippen LogP contribution in [0.1, 0.15) is 12.8 Å². The summed E-state index contributed by atoms with van der Waals surface area (Å²) in [5.74, 6) is -0.876. The molecule has 8 heteroatoms. The normalized spacial score (nSPS) is 15.2.